The van der Waals surface area contributed by atoms with Gasteiger partial charge in [0.1, 0.15) is 6.04 Å². The van der Waals surface area contributed by atoms with E-state index in [1.165, 1.54) is 0 Å². The Balaban J connectivity index is 3.93. The molecule has 0 aromatic heterocycles. The van der Waals surface area contributed by atoms with Gasteiger partial charge < -0.3 is 15.7 Å². The molecule has 0 aliphatic carbocycles. The number of thioether (sulfide) groups is 1. The zero-order chi connectivity index (χ0) is 14.3. The smallest absolute Gasteiger partial charge is 0.441 e. The molecule has 18 heavy (non-hydrogen) atoms. The average molecular weight is 288 g/mol. The van der Waals surface area contributed by atoms with E-state index >= 15 is 0 Å². The second kappa shape index (κ2) is 7.34. The maximum Gasteiger partial charge on any atom is 0.441 e. The first kappa shape index (κ1) is 16.9. The van der Waals surface area contributed by atoms with E-state index in [1.54, 1.807) is 13.8 Å². The fourth-order valence-corrected chi connectivity index (χ4v) is 1.47. The number of aliphatic carboxylic acids is 1. The van der Waals surface area contributed by atoms with Gasteiger partial charge in [0.05, 0.1) is 0 Å². The van der Waals surface area contributed by atoms with Crippen molar-refractivity contribution in [2.75, 3.05) is 12.3 Å². The summed E-state index contributed by atoms with van der Waals surface area (Å²) in [6.45, 7) is 3.03. The normalized spacial score (nSPS) is 13.2. The second-order valence-electron chi connectivity index (χ2n) is 3.75. The quantitative estimate of drug-likeness (QED) is 0.649. The number of carbonyl (C=O) groups is 2. The highest BCUT2D eigenvalue weighted by Gasteiger charge is 2.27. The van der Waals surface area contributed by atoms with Gasteiger partial charge in [0, 0.05) is 12.3 Å². The molecule has 0 bridgehead atoms. The molecule has 106 valence electrons. The summed E-state index contributed by atoms with van der Waals surface area (Å²) in [7, 11) is 0. The number of nitrogens with one attached hydrogen (secondary N) is 2. The molecule has 0 spiro atoms. The van der Waals surface area contributed by atoms with Crippen molar-refractivity contribution >= 4 is 23.8 Å². The van der Waals surface area contributed by atoms with Crippen molar-refractivity contribution in [3.63, 3.8) is 0 Å². The topological polar surface area (TPSA) is 78.4 Å². The number of halogens is 3. The number of amides is 2. The Bertz CT molecular complexity index is 297. The standard InChI is InChI=1S/C9H15F3N2O3S/c1-5(2)6(7(15)16)14-8(17)13-3-4-18-9(10,11)12/h5-6H,3-4H2,1-2H3,(H,15,16)(H2,13,14,17)/t6-/m1/s1. The Hall–Kier alpha value is -1.12. The predicted octanol–water partition coefficient (Wildman–Crippen LogP) is 1.65. The number of carbonyl (C=O) groups excluding carboxylic acids is 1. The number of carboxylic acids is 1. The molecule has 2 amide bonds. The van der Waals surface area contributed by atoms with E-state index in [1.807, 2.05) is 0 Å². The van der Waals surface area contributed by atoms with Gasteiger partial charge in [0.2, 0.25) is 0 Å². The minimum absolute atomic E-state index is 0.194. The second-order valence-corrected chi connectivity index (χ2v) is 4.91. The first-order valence-corrected chi connectivity index (χ1v) is 6.10. The summed E-state index contributed by atoms with van der Waals surface area (Å²) in [4.78, 5) is 22.0. The van der Waals surface area contributed by atoms with Gasteiger partial charge in [-0.25, -0.2) is 9.59 Å². The van der Waals surface area contributed by atoms with Crippen molar-refractivity contribution in [1.29, 1.82) is 0 Å². The van der Waals surface area contributed by atoms with E-state index in [0.29, 0.717) is 0 Å². The highest BCUT2D eigenvalue weighted by Crippen LogP contribution is 2.29. The van der Waals surface area contributed by atoms with Crippen LogP contribution in [0.4, 0.5) is 18.0 Å². The number of rotatable bonds is 6. The van der Waals surface area contributed by atoms with Crippen LogP contribution in [0.2, 0.25) is 0 Å². The van der Waals surface area contributed by atoms with E-state index in [-0.39, 0.29) is 30.0 Å². The van der Waals surface area contributed by atoms with Crippen molar-refractivity contribution in [1.82, 2.24) is 10.6 Å². The van der Waals surface area contributed by atoms with Crippen molar-refractivity contribution in [2.24, 2.45) is 5.92 Å². The average Bonchev–Trinajstić information content (AvgIpc) is 2.18. The van der Waals surface area contributed by atoms with Gasteiger partial charge in [0.15, 0.2) is 0 Å². The molecule has 1 atom stereocenters. The molecule has 0 unspecified atom stereocenters. The predicted molar refractivity (Wildman–Crippen MR) is 61.3 cm³/mol. The molecule has 0 aliphatic heterocycles. The third kappa shape index (κ3) is 8.04. The summed E-state index contributed by atoms with van der Waals surface area (Å²) in [5, 5.41) is 13.1. The number of hydrogen-bond acceptors (Lipinski definition) is 3. The van der Waals surface area contributed by atoms with Crippen LogP contribution in [0, 0.1) is 5.92 Å². The minimum Gasteiger partial charge on any atom is -0.480 e. The van der Waals surface area contributed by atoms with Gasteiger partial charge in [-0.2, -0.15) is 13.2 Å². The van der Waals surface area contributed by atoms with E-state index in [4.69, 9.17) is 5.11 Å². The molecular weight excluding hydrogens is 273 g/mol. The van der Waals surface area contributed by atoms with Crippen LogP contribution in [0.5, 0.6) is 0 Å². The van der Waals surface area contributed by atoms with E-state index in [2.05, 4.69) is 10.6 Å². The van der Waals surface area contributed by atoms with Crippen LogP contribution < -0.4 is 10.6 Å². The van der Waals surface area contributed by atoms with Crippen LogP contribution in [0.3, 0.4) is 0 Å². The lowest BCUT2D eigenvalue weighted by Crippen LogP contribution is -2.49. The Labute approximate surface area is 106 Å². The van der Waals surface area contributed by atoms with Crippen molar-refractivity contribution < 1.29 is 27.9 Å². The monoisotopic (exact) mass is 288 g/mol. The lowest BCUT2D eigenvalue weighted by Gasteiger charge is -2.18. The van der Waals surface area contributed by atoms with E-state index in [0.717, 1.165) is 0 Å². The largest absolute Gasteiger partial charge is 0.480 e. The fourth-order valence-electron chi connectivity index (χ4n) is 1.04. The van der Waals surface area contributed by atoms with Crippen LogP contribution >= 0.6 is 11.8 Å². The molecule has 0 aliphatic rings. The summed E-state index contributed by atoms with van der Waals surface area (Å²) < 4.78 is 35.3. The summed E-state index contributed by atoms with van der Waals surface area (Å²) in [6.07, 6.45) is 0. The molecule has 0 aromatic rings. The third-order valence-corrected chi connectivity index (χ3v) is 2.61. The molecule has 3 N–H and O–H groups in total. The molecule has 0 rings (SSSR count). The SMILES string of the molecule is CC(C)[C@@H](NC(=O)NCCSC(F)(F)F)C(=O)O. The number of alkyl halides is 3. The Kier molecular flexibility index (Phi) is 6.89. The molecular formula is C9H15F3N2O3S. The lowest BCUT2D eigenvalue weighted by molar-refractivity contribution is -0.140. The highest BCUT2D eigenvalue weighted by molar-refractivity contribution is 8.00. The maximum absolute atomic E-state index is 11.8. The van der Waals surface area contributed by atoms with Crippen LogP contribution in [0.15, 0.2) is 0 Å². The molecule has 5 nitrogen and oxygen atoms in total. The maximum atomic E-state index is 11.8. The first-order chi connectivity index (χ1) is 8.13. The molecule has 0 saturated carbocycles. The zero-order valence-corrected chi connectivity index (χ0v) is 10.7. The van der Waals surface area contributed by atoms with Gasteiger partial charge in [-0.15, -0.1) is 0 Å². The van der Waals surface area contributed by atoms with Crippen molar-refractivity contribution in [3.05, 3.63) is 0 Å². The van der Waals surface area contributed by atoms with Crippen molar-refractivity contribution in [2.45, 2.75) is 25.4 Å². The van der Waals surface area contributed by atoms with Gasteiger partial charge in [-0.05, 0) is 17.7 Å². The van der Waals surface area contributed by atoms with Gasteiger partial charge in [-0.1, -0.05) is 13.8 Å². The van der Waals surface area contributed by atoms with Gasteiger partial charge >= 0.3 is 17.5 Å². The fraction of sp³-hybridized carbons (Fsp3) is 0.778. The van der Waals surface area contributed by atoms with Crippen molar-refractivity contribution in [3.8, 4) is 0 Å². The molecule has 0 radical (unpaired) electrons. The minimum atomic E-state index is -4.33. The molecule has 0 fully saturated rings. The van der Waals surface area contributed by atoms with Crippen LogP contribution in [0.1, 0.15) is 13.8 Å². The third-order valence-electron chi connectivity index (χ3n) is 1.87. The number of carboxylic acid groups (broad SMARTS) is 1. The summed E-state index contributed by atoms with van der Waals surface area (Å²) >= 11 is -0.252. The van der Waals surface area contributed by atoms with E-state index in [9.17, 15) is 22.8 Å². The molecule has 0 aromatic carbocycles. The lowest BCUT2D eigenvalue weighted by atomic mass is 10.1. The van der Waals surface area contributed by atoms with Crippen LogP contribution in [-0.4, -0.2) is 41.0 Å². The summed E-state index contributed by atoms with van der Waals surface area (Å²) in [5.74, 6) is -1.83. The zero-order valence-electron chi connectivity index (χ0n) is 9.87. The number of hydrogen-bond donors (Lipinski definition) is 3. The molecule has 0 heterocycles. The summed E-state index contributed by atoms with van der Waals surface area (Å²) in [6, 6.07) is -1.86. The Morgan fingerprint density at radius 1 is 1.33 bits per heavy atom. The number of urea groups is 1. The first-order valence-electron chi connectivity index (χ1n) is 5.11. The summed E-state index contributed by atoms with van der Waals surface area (Å²) in [5.41, 5.74) is -4.33. The van der Waals surface area contributed by atoms with Crippen LogP contribution in [-0.2, 0) is 4.79 Å². The van der Waals surface area contributed by atoms with Crippen LogP contribution in [0.25, 0.3) is 0 Å². The Morgan fingerprint density at radius 2 is 1.89 bits per heavy atom. The van der Waals surface area contributed by atoms with Gasteiger partial charge in [-0.3, -0.25) is 0 Å². The Morgan fingerprint density at radius 3 is 2.28 bits per heavy atom. The van der Waals surface area contributed by atoms with E-state index < -0.39 is 23.6 Å². The highest BCUT2D eigenvalue weighted by atomic mass is 32.2. The molecule has 0 saturated heterocycles. The molecule has 9 heteroatoms. The van der Waals surface area contributed by atoms with Gasteiger partial charge in [0.25, 0.3) is 0 Å².